The van der Waals surface area contributed by atoms with Crippen LogP contribution in [0, 0.1) is 13.8 Å². The van der Waals surface area contributed by atoms with Gasteiger partial charge in [0.25, 0.3) is 0 Å². The van der Waals surface area contributed by atoms with Gasteiger partial charge in [0.2, 0.25) is 0 Å². The van der Waals surface area contributed by atoms with E-state index in [9.17, 15) is 0 Å². The normalized spacial score (nSPS) is 11.4. The van der Waals surface area contributed by atoms with Crippen molar-refractivity contribution in [2.45, 2.75) is 26.9 Å². The lowest BCUT2D eigenvalue weighted by Gasteiger charge is -2.08. The van der Waals surface area contributed by atoms with Crippen LogP contribution in [0.1, 0.15) is 44.8 Å². The molecule has 0 saturated heterocycles. The van der Waals surface area contributed by atoms with Gasteiger partial charge in [0, 0.05) is 79.0 Å². The monoisotopic (exact) mass is 707 g/mol. The van der Waals surface area contributed by atoms with Gasteiger partial charge in [0.15, 0.2) is 18.4 Å². The zero-order chi connectivity index (χ0) is 35.1. The van der Waals surface area contributed by atoms with E-state index in [2.05, 4.69) is 198 Å². The van der Waals surface area contributed by atoms with E-state index in [-0.39, 0.29) is 0 Å². The van der Waals surface area contributed by atoms with Crippen molar-refractivity contribution in [2.75, 3.05) is 35.2 Å². The van der Waals surface area contributed by atoms with Crippen LogP contribution in [0.15, 0.2) is 140 Å². The fourth-order valence-electron chi connectivity index (χ4n) is 5.81. The molecule has 258 valence electrons. The van der Waals surface area contributed by atoms with E-state index < -0.39 is 0 Å². The third kappa shape index (κ3) is 11.6. The zero-order valence-corrected chi connectivity index (χ0v) is 31.2. The Morgan fingerprint density at radius 2 is 1.10 bits per heavy atom. The quantitative estimate of drug-likeness (QED) is 0.0562. The van der Waals surface area contributed by atoms with Crippen LogP contribution in [0.25, 0.3) is 24.3 Å². The van der Waals surface area contributed by atoms with Crippen LogP contribution >= 0.6 is 21.6 Å². The molecule has 0 aliphatic rings. The van der Waals surface area contributed by atoms with E-state index in [0.29, 0.717) is 0 Å². The minimum atomic E-state index is 0.890. The summed E-state index contributed by atoms with van der Waals surface area (Å²) in [6.07, 6.45) is 13.2. The molecule has 0 aliphatic heterocycles. The van der Waals surface area contributed by atoms with Gasteiger partial charge in [0.1, 0.15) is 0 Å². The second kappa shape index (κ2) is 18.9. The Morgan fingerprint density at radius 3 is 1.67 bits per heavy atom. The maximum Gasteiger partial charge on any atom is 0.179 e. The first-order valence-corrected chi connectivity index (χ1v) is 20.1. The van der Waals surface area contributed by atoms with Crippen LogP contribution in [-0.2, 0) is 13.1 Å². The number of nitrogens with one attached hydrogen (secondary N) is 2. The Labute approximate surface area is 311 Å². The largest absolute Gasteiger partial charge is 0.384 e. The van der Waals surface area contributed by atoms with Crippen LogP contribution in [0.3, 0.4) is 0 Å². The number of hydrogen-bond donors (Lipinski definition) is 2. The number of anilines is 2. The molecule has 6 rings (SSSR count). The van der Waals surface area contributed by atoms with Crippen molar-refractivity contribution in [1.29, 1.82) is 0 Å². The minimum Gasteiger partial charge on any atom is -0.384 e. The van der Waals surface area contributed by atoms with Crippen LogP contribution in [0.4, 0.5) is 11.4 Å². The van der Waals surface area contributed by atoms with E-state index in [1.54, 1.807) is 0 Å². The summed E-state index contributed by atoms with van der Waals surface area (Å²) in [5.74, 6) is 2.11. The molecule has 0 bridgehead atoms. The summed E-state index contributed by atoms with van der Waals surface area (Å²) in [5.41, 5.74) is 12.3. The van der Waals surface area contributed by atoms with E-state index in [1.807, 2.05) is 21.6 Å². The number of hydrogen-bond acceptors (Lipinski definition) is 4. The molecule has 2 aromatic heterocycles. The van der Waals surface area contributed by atoms with Crippen LogP contribution in [-0.4, -0.2) is 29.2 Å². The standard InChI is InChI=1S/C45H46N4S2/c1-36-31-40(25-28-48(36)33-41-9-5-3-6-10-41)15-13-38-17-21-44(22-18-38)46-26-29-50-51-30-27-47-45-23-19-39(20-24-45)14-16-43-32-37(2)49(35-43)34-42-11-7-4-8-12-42/h3-25,28,31-32,35,47H,26-27,29-30,33-34H2,1-2H3/p+1/b16-14+. The highest BCUT2D eigenvalue weighted by atomic mass is 33.1. The molecule has 0 unspecified atom stereocenters. The van der Waals surface area contributed by atoms with Crippen molar-refractivity contribution < 1.29 is 4.57 Å². The number of rotatable bonds is 17. The summed E-state index contributed by atoms with van der Waals surface area (Å²) < 4.78 is 4.59. The maximum atomic E-state index is 3.55. The van der Waals surface area contributed by atoms with Crippen LogP contribution < -0.4 is 15.2 Å². The van der Waals surface area contributed by atoms with Gasteiger partial charge in [-0.2, -0.15) is 4.57 Å². The number of nitrogens with zero attached hydrogens (tertiary/aromatic N) is 2. The molecule has 0 saturated carbocycles. The Morgan fingerprint density at radius 1 is 0.569 bits per heavy atom. The van der Waals surface area contributed by atoms with Crippen molar-refractivity contribution in [3.8, 4) is 0 Å². The molecule has 0 fully saturated rings. The third-order valence-corrected chi connectivity index (χ3v) is 11.1. The number of benzene rings is 4. The Hall–Kier alpha value is -4.91. The summed E-state index contributed by atoms with van der Waals surface area (Å²) >= 11 is 0. The first kappa shape index (κ1) is 35.9. The lowest BCUT2D eigenvalue weighted by molar-refractivity contribution is -0.694. The van der Waals surface area contributed by atoms with E-state index >= 15 is 0 Å². The van der Waals surface area contributed by atoms with Gasteiger partial charge in [-0.25, -0.2) is 0 Å². The SMILES string of the molecule is Cc1cc(/C=C/c2ccc(NCCSSCCNc3ccc(/C=C/c4cc[n+](Cc5ccccc5)c(C)c4)cc3)cc2)cn1Cc1ccccc1. The molecule has 4 aromatic carbocycles. The summed E-state index contributed by atoms with van der Waals surface area (Å²) in [7, 11) is 3.84. The maximum absolute atomic E-state index is 3.55. The average Bonchev–Trinajstić information content (AvgIpc) is 3.51. The molecule has 2 N–H and O–H groups in total. The van der Waals surface area contributed by atoms with E-state index in [1.165, 1.54) is 44.8 Å². The van der Waals surface area contributed by atoms with Crippen molar-refractivity contribution in [3.05, 3.63) is 185 Å². The summed E-state index contributed by atoms with van der Waals surface area (Å²) in [5, 5.41) is 7.10. The molecule has 0 atom stereocenters. The molecular formula is C45H47N4S2+. The topological polar surface area (TPSA) is 32.9 Å². The van der Waals surface area contributed by atoms with Crippen molar-refractivity contribution in [1.82, 2.24) is 4.57 Å². The van der Waals surface area contributed by atoms with Gasteiger partial charge in [-0.1, -0.05) is 131 Å². The molecule has 4 nitrogen and oxygen atoms in total. The highest BCUT2D eigenvalue weighted by Crippen LogP contribution is 2.22. The highest BCUT2D eigenvalue weighted by Gasteiger charge is 2.07. The average molecular weight is 708 g/mol. The van der Waals surface area contributed by atoms with Gasteiger partial charge in [-0.05, 0) is 65.1 Å². The highest BCUT2D eigenvalue weighted by molar-refractivity contribution is 8.76. The predicted octanol–water partition coefficient (Wildman–Crippen LogP) is 10.7. The first-order chi connectivity index (χ1) is 25.1. The third-order valence-electron chi connectivity index (χ3n) is 8.67. The van der Waals surface area contributed by atoms with Gasteiger partial charge in [-0.3, -0.25) is 0 Å². The second-order valence-corrected chi connectivity index (χ2v) is 15.4. The Bertz CT molecular complexity index is 2000. The zero-order valence-electron chi connectivity index (χ0n) is 29.5. The fourth-order valence-corrected chi connectivity index (χ4v) is 7.63. The number of aryl methyl sites for hydroxylation is 2. The smallest absolute Gasteiger partial charge is 0.179 e. The molecule has 0 radical (unpaired) electrons. The fraction of sp³-hybridized carbons (Fsp3) is 0.178. The van der Waals surface area contributed by atoms with E-state index in [0.717, 1.165) is 49.1 Å². The van der Waals surface area contributed by atoms with Crippen molar-refractivity contribution >= 4 is 57.3 Å². The summed E-state index contributed by atoms with van der Waals surface area (Å²) in [6.45, 7) is 8.01. The Kier molecular flexibility index (Phi) is 13.3. The van der Waals surface area contributed by atoms with Crippen LogP contribution in [0.2, 0.25) is 0 Å². The molecule has 6 aromatic rings. The van der Waals surface area contributed by atoms with Gasteiger partial charge < -0.3 is 15.2 Å². The lowest BCUT2D eigenvalue weighted by atomic mass is 10.1. The van der Waals surface area contributed by atoms with Crippen molar-refractivity contribution in [2.24, 2.45) is 0 Å². The molecule has 0 spiro atoms. The van der Waals surface area contributed by atoms with Gasteiger partial charge in [0.05, 0.1) is 0 Å². The molecule has 51 heavy (non-hydrogen) atoms. The summed E-state index contributed by atoms with van der Waals surface area (Å²) in [4.78, 5) is 0. The summed E-state index contributed by atoms with van der Waals surface area (Å²) in [6, 6.07) is 45.2. The van der Waals surface area contributed by atoms with E-state index in [4.69, 9.17) is 0 Å². The molecular weight excluding hydrogens is 661 g/mol. The number of aromatic nitrogens is 2. The van der Waals surface area contributed by atoms with Crippen LogP contribution in [0.5, 0.6) is 0 Å². The molecule has 0 amide bonds. The lowest BCUT2D eigenvalue weighted by Crippen LogP contribution is -2.37. The second-order valence-electron chi connectivity index (χ2n) is 12.7. The van der Waals surface area contributed by atoms with Crippen molar-refractivity contribution in [3.63, 3.8) is 0 Å². The molecule has 6 heteroatoms. The van der Waals surface area contributed by atoms with Gasteiger partial charge in [-0.15, -0.1) is 0 Å². The van der Waals surface area contributed by atoms with Gasteiger partial charge >= 0.3 is 0 Å². The first-order valence-electron chi connectivity index (χ1n) is 17.6. The molecule has 0 aliphatic carbocycles. The Balaban J connectivity index is 0.836. The minimum absolute atomic E-state index is 0.890. The predicted molar refractivity (Wildman–Crippen MR) is 224 cm³/mol. The molecule has 2 heterocycles. The number of pyridine rings is 1.